The molecule has 0 aliphatic heterocycles. The number of rotatable bonds is 6. The Morgan fingerprint density at radius 3 is 2.41 bits per heavy atom. The van der Waals surface area contributed by atoms with Gasteiger partial charge in [-0.2, -0.15) is 0 Å². The van der Waals surface area contributed by atoms with E-state index in [0.29, 0.717) is 18.7 Å². The number of aromatic nitrogens is 2. The first kappa shape index (κ1) is 18.2. The summed E-state index contributed by atoms with van der Waals surface area (Å²) < 4.78 is 10.6. The fraction of sp³-hybridized carbons (Fsp3) is 0.375. The minimum absolute atomic E-state index is 0. The highest BCUT2D eigenvalue weighted by Crippen LogP contribution is 2.28. The maximum atomic E-state index is 5.59. The largest absolute Gasteiger partial charge is 0.493 e. The van der Waals surface area contributed by atoms with Crippen molar-refractivity contribution in [2.24, 2.45) is 5.73 Å². The standard InChI is InChI=1S/C16H21N3O2.ClH/c1-11-8-13(6-7-17)19-16(18-11)10-12-4-5-14(20-2)15(9-12)21-3;/h4-5,8-9H,6-7,10,17H2,1-3H3;1H. The molecule has 0 aliphatic rings. The lowest BCUT2D eigenvalue weighted by atomic mass is 10.1. The molecule has 5 nitrogen and oxygen atoms in total. The van der Waals surface area contributed by atoms with Gasteiger partial charge in [-0.3, -0.25) is 0 Å². The molecule has 0 fully saturated rings. The summed E-state index contributed by atoms with van der Waals surface area (Å²) in [7, 11) is 3.25. The van der Waals surface area contributed by atoms with Gasteiger partial charge in [0, 0.05) is 24.2 Å². The summed E-state index contributed by atoms with van der Waals surface area (Å²) in [5, 5.41) is 0. The van der Waals surface area contributed by atoms with Crippen molar-refractivity contribution in [1.82, 2.24) is 9.97 Å². The van der Waals surface area contributed by atoms with Gasteiger partial charge in [0.15, 0.2) is 11.5 Å². The first-order chi connectivity index (χ1) is 10.2. The summed E-state index contributed by atoms with van der Waals surface area (Å²) in [6, 6.07) is 7.82. The molecule has 0 spiro atoms. The smallest absolute Gasteiger partial charge is 0.161 e. The lowest BCUT2D eigenvalue weighted by Gasteiger charge is -2.10. The molecular formula is C16H22ClN3O2. The third-order valence-electron chi connectivity index (χ3n) is 3.16. The van der Waals surface area contributed by atoms with E-state index in [-0.39, 0.29) is 12.4 Å². The van der Waals surface area contributed by atoms with Crippen LogP contribution in [0.1, 0.15) is 22.8 Å². The maximum absolute atomic E-state index is 5.59. The zero-order chi connectivity index (χ0) is 15.2. The van der Waals surface area contributed by atoms with Crippen LogP contribution < -0.4 is 15.2 Å². The van der Waals surface area contributed by atoms with Crippen LogP contribution in [0.15, 0.2) is 24.3 Å². The summed E-state index contributed by atoms with van der Waals surface area (Å²) in [4.78, 5) is 9.04. The van der Waals surface area contributed by atoms with Gasteiger partial charge in [-0.05, 0) is 37.2 Å². The Labute approximate surface area is 137 Å². The second kappa shape index (κ2) is 8.56. The fourth-order valence-corrected chi connectivity index (χ4v) is 2.23. The van der Waals surface area contributed by atoms with Gasteiger partial charge >= 0.3 is 0 Å². The van der Waals surface area contributed by atoms with Gasteiger partial charge < -0.3 is 15.2 Å². The molecule has 0 atom stereocenters. The monoisotopic (exact) mass is 323 g/mol. The summed E-state index contributed by atoms with van der Waals surface area (Å²) in [6.07, 6.45) is 1.42. The van der Waals surface area contributed by atoms with Gasteiger partial charge in [0.1, 0.15) is 5.82 Å². The van der Waals surface area contributed by atoms with Crippen LogP contribution in [0.3, 0.4) is 0 Å². The van der Waals surface area contributed by atoms with Crippen LogP contribution in [-0.2, 0) is 12.8 Å². The Hall–Kier alpha value is -1.85. The van der Waals surface area contributed by atoms with Gasteiger partial charge in [0.05, 0.1) is 14.2 Å². The SMILES string of the molecule is COc1ccc(Cc2nc(C)cc(CCN)n2)cc1OC.Cl. The molecule has 120 valence electrons. The molecule has 1 aromatic heterocycles. The van der Waals surface area contributed by atoms with Crippen molar-refractivity contribution in [3.63, 3.8) is 0 Å². The van der Waals surface area contributed by atoms with Crippen molar-refractivity contribution in [3.8, 4) is 11.5 Å². The number of nitrogens with zero attached hydrogens (tertiary/aromatic N) is 2. The highest BCUT2D eigenvalue weighted by atomic mass is 35.5. The van der Waals surface area contributed by atoms with Crippen molar-refractivity contribution in [1.29, 1.82) is 0 Å². The normalized spacial score (nSPS) is 10.0. The molecule has 2 rings (SSSR count). The molecule has 0 aliphatic carbocycles. The summed E-state index contributed by atoms with van der Waals surface area (Å²) in [5.74, 6) is 2.23. The van der Waals surface area contributed by atoms with E-state index in [1.807, 2.05) is 31.2 Å². The van der Waals surface area contributed by atoms with E-state index in [4.69, 9.17) is 15.2 Å². The van der Waals surface area contributed by atoms with Gasteiger partial charge in [-0.15, -0.1) is 12.4 Å². The molecule has 1 aromatic carbocycles. The number of methoxy groups -OCH3 is 2. The number of nitrogens with two attached hydrogens (primary N) is 1. The zero-order valence-corrected chi connectivity index (χ0v) is 13.9. The van der Waals surface area contributed by atoms with E-state index in [9.17, 15) is 0 Å². The lowest BCUT2D eigenvalue weighted by Crippen LogP contribution is -2.08. The average Bonchev–Trinajstić information content (AvgIpc) is 2.46. The molecule has 0 radical (unpaired) electrons. The van der Waals surface area contributed by atoms with Crippen molar-refractivity contribution in [3.05, 3.63) is 47.0 Å². The highest BCUT2D eigenvalue weighted by molar-refractivity contribution is 5.85. The van der Waals surface area contributed by atoms with Crippen LogP contribution in [0.5, 0.6) is 11.5 Å². The number of hydrogen-bond donors (Lipinski definition) is 1. The number of ether oxygens (including phenoxy) is 2. The first-order valence-corrected chi connectivity index (χ1v) is 6.90. The van der Waals surface area contributed by atoms with Crippen LogP contribution >= 0.6 is 12.4 Å². The number of halogens is 1. The van der Waals surface area contributed by atoms with E-state index in [1.54, 1.807) is 14.2 Å². The Morgan fingerprint density at radius 2 is 1.77 bits per heavy atom. The average molecular weight is 324 g/mol. The molecule has 0 saturated carbocycles. The number of hydrogen-bond acceptors (Lipinski definition) is 5. The Balaban J connectivity index is 0.00000242. The first-order valence-electron chi connectivity index (χ1n) is 6.90. The molecule has 0 bridgehead atoms. The molecule has 2 aromatic rings. The molecular weight excluding hydrogens is 302 g/mol. The maximum Gasteiger partial charge on any atom is 0.161 e. The second-order valence-corrected chi connectivity index (χ2v) is 4.82. The van der Waals surface area contributed by atoms with Crippen LogP contribution in [0.4, 0.5) is 0 Å². The van der Waals surface area contributed by atoms with Crippen LogP contribution in [-0.4, -0.2) is 30.7 Å². The summed E-state index contributed by atoms with van der Waals surface area (Å²) in [5.41, 5.74) is 8.62. The number of aryl methyl sites for hydroxylation is 1. The molecule has 0 amide bonds. The highest BCUT2D eigenvalue weighted by Gasteiger charge is 2.08. The van der Waals surface area contributed by atoms with Crippen molar-refractivity contribution < 1.29 is 9.47 Å². The summed E-state index contributed by atoms with van der Waals surface area (Å²) in [6.45, 7) is 2.56. The minimum atomic E-state index is 0. The second-order valence-electron chi connectivity index (χ2n) is 4.82. The van der Waals surface area contributed by atoms with Gasteiger partial charge in [0.2, 0.25) is 0 Å². The van der Waals surface area contributed by atoms with Crippen LogP contribution in [0.25, 0.3) is 0 Å². The van der Waals surface area contributed by atoms with E-state index >= 15 is 0 Å². The van der Waals surface area contributed by atoms with Gasteiger partial charge in [-0.25, -0.2) is 9.97 Å². The zero-order valence-electron chi connectivity index (χ0n) is 13.1. The van der Waals surface area contributed by atoms with Crippen molar-refractivity contribution in [2.45, 2.75) is 19.8 Å². The van der Waals surface area contributed by atoms with Crippen molar-refractivity contribution in [2.75, 3.05) is 20.8 Å². The Morgan fingerprint density at radius 1 is 1.05 bits per heavy atom. The number of benzene rings is 1. The quantitative estimate of drug-likeness (QED) is 0.883. The molecule has 22 heavy (non-hydrogen) atoms. The Kier molecular flexibility index (Phi) is 7.08. The van der Waals surface area contributed by atoms with Gasteiger partial charge in [-0.1, -0.05) is 6.07 Å². The molecule has 6 heteroatoms. The molecule has 0 saturated heterocycles. The third-order valence-corrected chi connectivity index (χ3v) is 3.16. The minimum Gasteiger partial charge on any atom is -0.493 e. The third kappa shape index (κ3) is 4.58. The van der Waals surface area contributed by atoms with Crippen LogP contribution in [0.2, 0.25) is 0 Å². The van der Waals surface area contributed by atoms with Crippen LogP contribution in [0, 0.1) is 6.92 Å². The predicted molar refractivity (Wildman–Crippen MR) is 89.1 cm³/mol. The van der Waals surface area contributed by atoms with E-state index in [0.717, 1.165) is 34.9 Å². The fourth-order valence-electron chi connectivity index (χ4n) is 2.23. The topological polar surface area (TPSA) is 70.3 Å². The van der Waals surface area contributed by atoms with E-state index < -0.39 is 0 Å². The Bertz CT molecular complexity index is 620. The molecule has 2 N–H and O–H groups in total. The lowest BCUT2D eigenvalue weighted by molar-refractivity contribution is 0.354. The van der Waals surface area contributed by atoms with Crippen molar-refractivity contribution >= 4 is 12.4 Å². The predicted octanol–water partition coefficient (Wildman–Crippen LogP) is 2.32. The van der Waals surface area contributed by atoms with E-state index in [2.05, 4.69) is 9.97 Å². The summed E-state index contributed by atoms with van der Waals surface area (Å²) >= 11 is 0. The molecule has 0 unspecified atom stereocenters. The molecule has 1 heterocycles. The van der Waals surface area contributed by atoms with Gasteiger partial charge in [0.25, 0.3) is 0 Å². The van der Waals surface area contributed by atoms with E-state index in [1.165, 1.54) is 0 Å².